The second kappa shape index (κ2) is 8.36. The normalized spacial score (nSPS) is 20.5. The van der Waals surface area contributed by atoms with Gasteiger partial charge >= 0.3 is 0 Å². The molecule has 2 aromatic rings. The van der Waals surface area contributed by atoms with Gasteiger partial charge in [0.15, 0.2) is 0 Å². The molecule has 0 aliphatic carbocycles. The van der Waals surface area contributed by atoms with Crippen molar-refractivity contribution in [2.45, 2.75) is 32.2 Å². The van der Waals surface area contributed by atoms with Gasteiger partial charge in [-0.25, -0.2) is 0 Å². The lowest BCUT2D eigenvalue weighted by molar-refractivity contribution is 0.0644. The Morgan fingerprint density at radius 2 is 2.08 bits per heavy atom. The van der Waals surface area contributed by atoms with Crippen molar-refractivity contribution in [3.8, 4) is 0 Å². The summed E-state index contributed by atoms with van der Waals surface area (Å²) in [7, 11) is 0. The average molecular weight is 349 g/mol. The minimum absolute atomic E-state index is 0. The van der Waals surface area contributed by atoms with Crippen LogP contribution in [-0.2, 0) is 6.54 Å². The number of rotatable bonds is 4. The number of halogens is 1. The molecule has 1 amide bonds. The van der Waals surface area contributed by atoms with E-state index >= 15 is 0 Å². The highest BCUT2D eigenvalue weighted by Gasteiger charge is 2.32. The predicted octanol–water partition coefficient (Wildman–Crippen LogP) is 3.82. The van der Waals surface area contributed by atoms with Gasteiger partial charge in [0.25, 0.3) is 5.91 Å². The SMILES string of the molecule is CCC1CN(C(=O)c2coc(CN)c2)CCC1c1ccccc1.Cl. The van der Waals surface area contributed by atoms with Crippen LogP contribution in [0.1, 0.15) is 47.4 Å². The second-order valence-corrected chi connectivity index (χ2v) is 6.23. The highest BCUT2D eigenvalue weighted by Crippen LogP contribution is 2.35. The Morgan fingerprint density at radius 3 is 2.71 bits per heavy atom. The van der Waals surface area contributed by atoms with Gasteiger partial charge in [0.1, 0.15) is 12.0 Å². The molecule has 3 rings (SSSR count). The smallest absolute Gasteiger partial charge is 0.257 e. The van der Waals surface area contributed by atoms with Crippen molar-refractivity contribution in [3.63, 3.8) is 0 Å². The number of hydrogen-bond acceptors (Lipinski definition) is 3. The fraction of sp³-hybridized carbons (Fsp3) is 0.421. The molecule has 1 aliphatic heterocycles. The number of nitrogens with two attached hydrogens (primary N) is 1. The molecular weight excluding hydrogens is 324 g/mol. The van der Waals surface area contributed by atoms with Crippen LogP contribution >= 0.6 is 12.4 Å². The second-order valence-electron chi connectivity index (χ2n) is 6.23. The van der Waals surface area contributed by atoms with E-state index in [1.54, 1.807) is 6.07 Å². The topological polar surface area (TPSA) is 59.5 Å². The summed E-state index contributed by atoms with van der Waals surface area (Å²) in [6.07, 6.45) is 3.60. The molecule has 1 fully saturated rings. The Labute approximate surface area is 149 Å². The molecule has 0 spiro atoms. The summed E-state index contributed by atoms with van der Waals surface area (Å²) in [5.74, 6) is 1.74. The molecule has 130 valence electrons. The van der Waals surface area contributed by atoms with E-state index < -0.39 is 0 Å². The summed E-state index contributed by atoms with van der Waals surface area (Å²) in [5, 5.41) is 0. The first-order valence-electron chi connectivity index (χ1n) is 8.34. The minimum atomic E-state index is 0. The number of hydrogen-bond donors (Lipinski definition) is 1. The van der Waals surface area contributed by atoms with Gasteiger partial charge in [0, 0.05) is 13.1 Å². The van der Waals surface area contributed by atoms with Crippen LogP contribution in [0.2, 0.25) is 0 Å². The minimum Gasteiger partial charge on any atom is -0.467 e. The highest BCUT2D eigenvalue weighted by atomic mass is 35.5. The molecule has 1 saturated heterocycles. The number of carbonyl (C=O) groups is 1. The van der Waals surface area contributed by atoms with E-state index in [9.17, 15) is 4.79 Å². The van der Waals surface area contributed by atoms with E-state index in [0.29, 0.717) is 29.7 Å². The molecular formula is C19H25ClN2O2. The number of amides is 1. The predicted molar refractivity (Wildman–Crippen MR) is 97.3 cm³/mol. The molecule has 24 heavy (non-hydrogen) atoms. The number of piperidine rings is 1. The summed E-state index contributed by atoms with van der Waals surface area (Å²) in [4.78, 5) is 14.6. The van der Waals surface area contributed by atoms with Crippen molar-refractivity contribution in [1.82, 2.24) is 4.90 Å². The lowest BCUT2D eigenvalue weighted by atomic mass is 9.79. The fourth-order valence-corrected chi connectivity index (χ4v) is 3.55. The zero-order valence-corrected chi connectivity index (χ0v) is 14.8. The Balaban J connectivity index is 0.00000208. The van der Waals surface area contributed by atoms with Crippen molar-refractivity contribution in [2.24, 2.45) is 11.7 Å². The molecule has 2 unspecified atom stereocenters. The quantitative estimate of drug-likeness (QED) is 0.913. The van der Waals surface area contributed by atoms with Gasteiger partial charge in [-0.05, 0) is 29.9 Å². The maximum atomic E-state index is 12.7. The number of furan rings is 1. The molecule has 4 nitrogen and oxygen atoms in total. The fourth-order valence-electron chi connectivity index (χ4n) is 3.55. The lowest BCUT2D eigenvalue weighted by Gasteiger charge is -2.38. The van der Waals surface area contributed by atoms with Crippen LogP contribution in [0.5, 0.6) is 0 Å². The molecule has 2 N–H and O–H groups in total. The van der Waals surface area contributed by atoms with E-state index in [-0.39, 0.29) is 18.3 Å². The van der Waals surface area contributed by atoms with Crippen LogP contribution in [0.25, 0.3) is 0 Å². The first-order chi connectivity index (χ1) is 11.2. The third-order valence-corrected chi connectivity index (χ3v) is 4.88. The van der Waals surface area contributed by atoms with Gasteiger partial charge < -0.3 is 15.1 Å². The Hall–Kier alpha value is -1.78. The van der Waals surface area contributed by atoms with E-state index in [0.717, 1.165) is 25.9 Å². The van der Waals surface area contributed by atoms with Gasteiger partial charge in [0.2, 0.25) is 0 Å². The molecule has 0 saturated carbocycles. The Bertz CT molecular complexity index is 656. The molecule has 2 atom stereocenters. The third kappa shape index (κ3) is 3.82. The standard InChI is InChI=1S/C19H24N2O2.ClH/c1-2-14-12-21(19(22)16-10-17(11-20)23-13-16)9-8-18(14)15-6-4-3-5-7-15;/h3-7,10,13-14,18H,2,8-9,11-12,20H2,1H3;1H. The molecule has 2 heterocycles. The van der Waals surface area contributed by atoms with Crippen molar-refractivity contribution in [1.29, 1.82) is 0 Å². The number of nitrogens with zero attached hydrogens (tertiary/aromatic N) is 1. The van der Waals surface area contributed by atoms with Crippen molar-refractivity contribution < 1.29 is 9.21 Å². The van der Waals surface area contributed by atoms with Gasteiger partial charge in [-0.2, -0.15) is 0 Å². The van der Waals surface area contributed by atoms with Crippen LogP contribution < -0.4 is 5.73 Å². The maximum absolute atomic E-state index is 12.7. The van der Waals surface area contributed by atoms with Crippen LogP contribution in [0, 0.1) is 5.92 Å². The first-order valence-corrected chi connectivity index (χ1v) is 8.34. The molecule has 1 aliphatic rings. The van der Waals surface area contributed by atoms with Gasteiger partial charge in [-0.1, -0.05) is 43.7 Å². The summed E-state index contributed by atoms with van der Waals surface area (Å²) < 4.78 is 5.30. The zero-order valence-electron chi connectivity index (χ0n) is 14.0. The molecule has 5 heteroatoms. The molecule has 0 radical (unpaired) electrons. The van der Waals surface area contributed by atoms with Gasteiger partial charge in [-0.3, -0.25) is 4.79 Å². The summed E-state index contributed by atoms with van der Waals surface area (Å²) in [6, 6.07) is 12.4. The molecule has 1 aromatic heterocycles. The average Bonchev–Trinajstić information content (AvgIpc) is 3.10. The first kappa shape index (κ1) is 18.6. The number of likely N-dealkylation sites (tertiary alicyclic amines) is 1. The van der Waals surface area contributed by atoms with E-state index in [1.807, 2.05) is 4.90 Å². The number of benzene rings is 1. The number of carbonyl (C=O) groups excluding carboxylic acids is 1. The van der Waals surface area contributed by atoms with E-state index in [4.69, 9.17) is 10.2 Å². The maximum Gasteiger partial charge on any atom is 0.257 e. The monoisotopic (exact) mass is 348 g/mol. The zero-order chi connectivity index (χ0) is 16.2. The van der Waals surface area contributed by atoms with E-state index in [2.05, 4.69) is 37.3 Å². The Kier molecular flexibility index (Phi) is 6.46. The Morgan fingerprint density at radius 1 is 1.33 bits per heavy atom. The van der Waals surface area contributed by atoms with Gasteiger partial charge in [-0.15, -0.1) is 12.4 Å². The van der Waals surface area contributed by atoms with Crippen LogP contribution in [0.15, 0.2) is 47.1 Å². The highest BCUT2D eigenvalue weighted by molar-refractivity contribution is 5.94. The van der Waals surface area contributed by atoms with Crippen LogP contribution in [-0.4, -0.2) is 23.9 Å². The van der Waals surface area contributed by atoms with Crippen molar-refractivity contribution >= 4 is 18.3 Å². The van der Waals surface area contributed by atoms with E-state index in [1.165, 1.54) is 11.8 Å². The largest absolute Gasteiger partial charge is 0.467 e. The summed E-state index contributed by atoms with van der Waals surface area (Å²) in [6.45, 7) is 4.12. The molecule has 1 aromatic carbocycles. The summed E-state index contributed by atoms with van der Waals surface area (Å²) >= 11 is 0. The van der Waals surface area contributed by atoms with Crippen LogP contribution in [0.4, 0.5) is 0 Å². The van der Waals surface area contributed by atoms with Crippen molar-refractivity contribution in [3.05, 3.63) is 59.5 Å². The van der Waals surface area contributed by atoms with Gasteiger partial charge in [0.05, 0.1) is 12.1 Å². The van der Waals surface area contributed by atoms with Crippen molar-refractivity contribution in [2.75, 3.05) is 13.1 Å². The van der Waals surface area contributed by atoms with Crippen LogP contribution in [0.3, 0.4) is 0 Å². The lowest BCUT2D eigenvalue weighted by Crippen LogP contribution is -2.42. The third-order valence-electron chi connectivity index (χ3n) is 4.88. The summed E-state index contributed by atoms with van der Waals surface area (Å²) in [5.41, 5.74) is 7.55. The molecule has 0 bridgehead atoms.